The van der Waals surface area contributed by atoms with Gasteiger partial charge in [-0.2, -0.15) is 9.97 Å². The largest absolute Gasteiger partial charge is 0.378 e. The Morgan fingerprint density at radius 1 is 1.04 bits per heavy atom. The second-order valence-corrected chi connectivity index (χ2v) is 6.29. The van der Waals surface area contributed by atoms with E-state index in [0.29, 0.717) is 23.9 Å². The lowest BCUT2D eigenvalue weighted by Gasteiger charge is -2.27. The Morgan fingerprint density at radius 2 is 1.83 bits per heavy atom. The van der Waals surface area contributed by atoms with Crippen molar-refractivity contribution in [1.82, 2.24) is 15.0 Å². The molecule has 1 aliphatic rings. The normalized spacial score (nSPS) is 14.4. The summed E-state index contributed by atoms with van der Waals surface area (Å²) in [5.74, 6) is 7.28. The summed E-state index contributed by atoms with van der Waals surface area (Å²) in [6, 6.07) is 9.83. The lowest BCUT2D eigenvalue weighted by Crippen LogP contribution is -2.37. The smallest absolute Gasteiger partial charge is 0.224 e. The predicted octanol–water partition coefficient (Wildman–Crippen LogP) is 1.90. The van der Waals surface area contributed by atoms with Crippen molar-refractivity contribution in [3.63, 3.8) is 0 Å². The fourth-order valence-electron chi connectivity index (χ4n) is 2.52. The minimum atomic E-state index is 0.233. The number of nitrogens with two attached hydrogens (primary N) is 1. The fraction of sp³-hybridized carbons (Fsp3) is 0.235. The van der Waals surface area contributed by atoms with Gasteiger partial charge in [0, 0.05) is 18.7 Å². The molecule has 0 saturated carbocycles. The zero-order chi connectivity index (χ0) is 16.4. The van der Waals surface area contributed by atoms with E-state index < -0.39 is 0 Å². The molecule has 0 amide bonds. The summed E-state index contributed by atoms with van der Waals surface area (Å²) in [5, 5.41) is 0.711. The highest BCUT2D eigenvalue weighted by Gasteiger charge is 2.19. The third-order valence-electron chi connectivity index (χ3n) is 3.65. The minimum Gasteiger partial charge on any atom is -0.378 e. The molecule has 3 heterocycles. The van der Waals surface area contributed by atoms with Crippen LogP contribution >= 0.6 is 11.3 Å². The number of hydrogen-bond donors (Lipinski definition) is 1. The highest BCUT2D eigenvalue weighted by Crippen LogP contribution is 2.30. The van der Waals surface area contributed by atoms with E-state index in [1.165, 1.54) is 11.3 Å². The number of nitrogen functional groups attached to an aromatic ring is 1. The molecule has 4 rings (SSSR count). The van der Waals surface area contributed by atoms with Crippen LogP contribution in [0.25, 0.3) is 10.3 Å². The van der Waals surface area contributed by atoms with E-state index >= 15 is 0 Å². The maximum atomic E-state index is 5.85. The van der Waals surface area contributed by atoms with Crippen LogP contribution in [-0.2, 0) is 4.74 Å². The molecule has 120 valence electrons. The standard InChI is InChI=1S/C17H15N5OS/c18-17-20-15-14(16(21-17)22-8-10-23-11-9-22)24-13(19-15)7-6-12-4-2-1-3-5-12/h1-5H,8-11H2,(H2,18,20,21). The van der Waals surface area contributed by atoms with Gasteiger partial charge in [-0.15, -0.1) is 0 Å². The van der Waals surface area contributed by atoms with Gasteiger partial charge >= 0.3 is 0 Å². The molecule has 24 heavy (non-hydrogen) atoms. The number of ether oxygens (including phenoxy) is 1. The van der Waals surface area contributed by atoms with Crippen LogP contribution in [0.3, 0.4) is 0 Å². The van der Waals surface area contributed by atoms with Crippen LogP contribution in [-0.4, -0.2) is 41.3 Å². The number of nitrogens with zero attached hydrogens (tertiary/aromatic N) is 4. The van der Waals surface area contributed by atoms with Crippen molar-refractivity contribution in [2.24, 2.45) is 0 Å². The highest BCUT2D eigenvalue weighted by atomic mass is 32.1. The molecule has 6 nitrogen and oxygen atoms in total. The Morgan fingerprint density at radius 3 is 2.62 bits per heavy atom. The molecule has 0 unspecified atom stereocenters. The summed E-state index contributed by atoms with van der Waals surface area (Å²) in [4.78, 5) is 15.3. The fourth-order valence-corrected chi connectivity index (χ4v) is 3.39. The van der Waals surface area contributed by atoms with Gasteiger partial charge in [-0.05, 0) is 18.1 Å². The monoisotopic (exact) mass is 337 g/mol. The third kappa shape index (κ3) is 3.02. The van der Waals surface area contributed by atoms with Gasteiger partial charge in [0.05, 0.1) is 13.2 Å². The molecule has 1 saturated heterocycles. The number of anilines is 2. The number of thiazole rings is 1. The molecule has 3 aromatic rings. The quantitative estimate of drug-likeness (QED) is 0.684. The molecule has 1 aromatic carbocycles. The SMILES string of the molecule is Nc1nc(N2CCOCC2)c2sc(C#Cc3ccccc3)nc2n1. The zero-order valence-corrected chi connectivity index (χ0v) is 13.7. The Kier molecular flexibility index (Phi) is 3.99. The van der Waals surface area contributed by atoms with Gasteiger partial charge in [0.25, 0.3) is 0 Å². The Hall–Kier alpha value is -2.69. The second-order valence-electron chi connectivity index (χ2n) is 5.29. The van der Waals surface area contributed by atoms with Crippen LogP contribution in [0.15, 0.2) is 30.3 Å². The van der Waals surface area contributed by atoms with E-state index in [1.807, 2.05) is 30.3 Å². The first-order valence-electron chi connectivity index (χ1n) is 7.63. The number of morpholine rings is 1. The van der Waals surface area contributed by atoms with Crippen LogP contribution in [0.5, 0.6) is 0 Å². The molecule has 0 aliphatic carbocycles. The number of hydrogen-bond acceptors (Lipinski definition) is 7. The first-order valence-corrected chi connectivity index (χ1v) is 8.45. The molecule has 0 radical (unpaired) electrons. The lowest BCUT2D eigenvalue weighted by molar-refractivity contribution is 0.122. The first kappa shape index (κ1) is 14.9. The molecular weight excluding hydrogens is 322 g/mol. The summed E-state index contributed by atoms with van der Waals surface area (Å²) >= 11 is 1.50. The van der Waals surface area contributed by atoms with Crippen LogP contribution in [0, 0.1) is 11.8 Å². The van der Waals surface area contributed by atoms with Crippen molar-refractivity contribution in [2.75, 3.05) is 36.9 Å². The minimum absolute atomic E-state index is 0.233. The summed E-state index contributed by atoms with van der Waals surface area (Å²) in [6.45, 7) is 2.94. The van der Waals surface area contributed by atoms with Crippen molar-refractivity contribution in [2.45, 2.75) is 0 Å². The predicted molar refractivity (Wildman–Crippen MR) is 95.1 cm³/mol. The maximum Gasteiger partial charge on any atom is 0.224 e. The van der Waals surface area contributed by atoms with Gasteiger partial charge < -0.3 is 15.4 Å². The summed E-state index contributed by atoms with van der Waals surface area (Å²) < 4.78 is 6.33. The van der Waals surface area contributed by atoms with Crippen LogP contribution in [0.1, 0.15) is 10.6 Å². The molecule has 7 heteroatoms. The topological polar surface area (TPSA) is 77.2 Å². The zero-order valence-electron chi connectivity index (χ0n) is 12.9. The Balaban J connectivity index is 1.73. The average Bonchev–Trinajstić information content (AvgIpc) is 3.03. The van der Waals surface area contributed by atoms with Gasteiger partial charge in [0.2, 0.25) is 5.95 Å². The summed E-state index contributed by atoms with van der Waals surface area (Å²) in [7, 11) is 0. The summed E-state index contributed by atoms with van der Waals surface area (Å²) in [6.07, 6.45) is 0. The average molecular weight is 337 g/mol. The lowest BCUT2D eigenvalue weighted by atomic mass is 10.2. The van der Waals surface area contributed by atoms with E-state index in [2.05, 4.69) is 31.7 Å². The molecule has 0 atom stereocenters. The highest BCUT2D eigenvalue weighted by molar-refractivity contribution is 7.19. The van der Waals surface area contributed by atoms with E-state index in [-0.39, 0.29) is 5.95 Å². The Bertz CT molecular complexity index is 923. The van der Waals surface area contributed by atoms with E-state index in [1.54, 1.807) is 0 Å². The van der Waals surface area contributed by atoms with E-state index in [9.17, 15) is 0 Å². The van der Waals surface area contributed by atoms with Crippen LogP contribution < -0.4 is 10.6 Å². The van der Waals surface area contributed by atoms with E-state index in [4.69, 9.17) is 10.5 Å². The van der Waals surface area contributed by atoms with Gasteiger partial charge in [0.1, 0.15) is 4.70 Å². The molecule has 2 N–H and O–H groups in total. The molecular formula is C17H15N5OS. The van der Waals surface area contributed by atoms with E-state index in [0.717, 1.165) is 29.2 Å². The molecule has 0 spiro atoms. The van der Waals surface area contributed by atoms with Crippen molar-refractivity contribution in [3.05, 3.63) is 40.9 Å². The van der Waals surface area contributed by atoms with Gasteiger partial charge in [-0.25, -0.2) is 4.98 Å². The first-order chi connectivity index (χ1) is 11.8. The maximum absolute atomic E-state index is 5.85. The summed E-state index contributed by atoms with van der Waals surface area (Å²) in [5.41, 5.74) is 7.41. The van der Waals surface area contributed by atoms with Gasteiger partial charge in [-0.3, -0.25) is 0 Å². The molecule has 1 aliphatic heterocycles. The Labute approximate surface area is 143 Å². The number of rotatable bonds is 1. The van der Waals surface area contributed by atoms with Crippen molar-refractivity contribution >= 4 is 33.5 Å². The van der Waals surface area contributed by atoms with Crippen molar-refractivity contribution in [1.29, 1.82) is 0 Å². The third-order valence-corrected chi connectivity index (χ3v) is 4.61. The van der Waals surface area contributed by atoms with Crippen LogP contribution in [0.2, 0.25) is 0 Å². The number of benzene rings is 1. The van der Waals surface area contributed by atoms with Gasteiger partial charge in [0.15, 0.2) is 16.5 Å². The van der Waals surface area contributed by atoms with Crippen LogP contribution in [0.4, 0.5) is 11.8 Å². The number of fused-ring (bicyclic) bond motifs is 1. The molecule has 1 fully saturated rings. The molecule has 0 bridgehead atoms. The number of aromatic nitrogens is 3. The second kappa shape index (κ2) is 6.43. The molecule has 2 aromatic heterocycles. The van der Waals surface area contributed by atoms with Gasteiger partial charge in [-0.1, -0.05) is 35.5 Å². The van der Waals surface area contributed by atoms with Crippen molar-refractivity contribution < 1.29 is 4.74 Å². The van der Waals surface area contributed by atoms with Crippen molar-refractivity contribution in [3.8, 4) is 11.8 Å².